The lowest BCUT2D eigenvalue weighted by atomic mass is 9.91. The Morgan fingerprint density at radius 2 is 1.87 bits per heavy atom. The van der Waals surface area contributed by atoms with Crippen molar-refractivity contribution in [1.29, 1.82) is 0 Å². The topological polar surface area (TPSA) is 130 Å². The molecule has 0 bridgehead atoms. The number of halogens is 2. The molecule has 23 heavy (non-hydrogen) atoms. The van der Waals surface area contributed by atoms with E-state index in [1.807, 2.05) is 0 Å². The molecule has 1 aliphatic carbocycles. The first-order valence-corrected chi connectivity index (χ1v) is 8.39. The van der Waals surface area contributed by atoms with Crippen LogP contribution in [0, 0.1) is 5.92 Å². The Kier molecular flexibility index (Phi) is 6.08. The fourth-order valence-corrected chi connectivity index (χ4v) is 2.53. The maximum absolute atomic E-state index is 13.0. The van der Waals surface area contributed by atoms with E-state index < -0.39 is 45.9 Å². The monoisotopic (exact) mass is 362 g/mol. The summed E-state index contributed by atoms with van der Waals surface area (Å²) in [6.45, 7) is 2.78. The summed E-state index contributed by atoms with van der Waals surface area (Å²) in [7, 11) is -5.94. The predicted octanol–water partition coefficient (Wildman–Crippen LogP) is 0.285. The van der Waals surface area contributed by atoms with Gasteiger partial charge < -0.3 is 19.7 Å². The minimum absolute atomic E-state index is 0.200. The molecule has 0 amide bonds. The van der Waals surface area contributed by atoms with Gasteiger partial charge in [-0.25, -0.2) is 4.79 Å². The highest BCUT2D eigenvalue weighted by atomic mass is 32.2. The van der Waals surface area contributed by atoms with Crippen molar-refractivity contribution in [3.05, 3.63) is 0 Å². The Bertz CT molecular complexity index is 531. The van der Waals surface area contributed by atoms with Gasteiger partial charge in [-0.3, -0.25) is 4.55 Å². The zero-order chi connectivity index (χ0) is 18.1. The number of hydrogen-bond donors (Lipinski definition) is 3. The van der Waals surface area contributed by atoms with Gasteiger partial charge in [0, 0.05) is 5.92 Å². The highest BCUT2D eigenvalue weighted by molar-refractivity contribution is 7.86. The van der Waals surface area contributed by atoms with Gasteiger partial charge in [0.15, 0.2) is 0 Å². The average molecular weight is 362 g/mol. The van der Waals surface area contributed by atoms with Crippen LogP contribution in [0.4, 0.5) is 8.78 Å². The highest BCUT2D eigenvalue weighted by Crippen LogP contribution is 2.45. The van der Waals surface area contributed by atoms with Gasteiger partial charge in [0.1, 0.15) is 6.61 Å². The van der Waals surface area contributed by atoms with Crippen LogP contribution in [0.1, 0.15) is 33.1 Å². The molecular formula is C12H20F2O8S. The van der Waals surface area contributed by atoms with E-state index in [1.54, 1.807) is 13.8 Å². The number of aliphatic hydroxyl groups is 2. The van der Waals surface area contributed by atoms with Crippen LogP contribution < -0.4 is 0 Å². The molecule has 3 N–H and O–H groups in total. The number of hydrogen-bond acceptors (Lipinski definition) is 7. The molecule has 3 atom stereocenters. The van der Waals surface area contributed by atoms with Gasteiger partial charge in [-0.1, -0.05) is 13.8 Å². The number of carbonyl (C=O) groups excluding carboxylic acids is 1. The summed E-state index contributed by atoms with van der Waals surface area (Å²) in [5.74, 6) is -1.63. The van der Waals surface area contributed by atoms with E-state index in [4.69, 9.17) is 14.4 Å². The standard InChI is InChI=1S/C12H20F2O8S/c1-3-11(17,4-2)7-5-8(7)21-6-9(15)22-10(16)12(13,14)23(18,19)20/h7-8,10,16-17H,3-6H2,1-2H3,(H,18,19,20). The molecule has 1 rings (SSSR count). The van der Waals surface area contributed by atoms with Crippen molar-refractivity contribution in [2.45, 2.75) is 56.4 Å². The van der Waals surface area contributed by atoms with Crippen molar-refractivity contribution in [2.75, 3.05) is 6.61 Å². The van der Waals surface area contributed by atoms with Gasteiger partial charge in [0.05, 0.1) is 11.7 Å². The molecule has 0 spiro atoms. The van der Waals surface area contributed by atoms with Crippen LogP contribution in [0.2, 0.25) is 0 Å². The van der Waals surface area contributed by atoms with E-state index in [0.717, 1.165) is 0 Å². The number of aliphatic hydroxyl groups excluding tert-OH is 1. The van der Waals surface area contributed by atoms with E-state index in [1.165, 1.54) is 0 Å². The SMILES string of the molecule is CCC(O)(CC)C1CC1OCC(=O)OC(O)C(F)(F)S(=O)(=O)O. The van der Waals surface area contributed by atoms with Crippen molar-refractivity contribution < 1.29 is 46.2 Å². The molecule has 1 saturated carbocycles. The summed E-state index contributed by atoms with van der Waals surface area (Å²) in [6.07, 6.45) is -2.36. The quantitative estimate of drug-likeness (QED) is 0.303. The molecule has 136 valence electrons. The van der Waals surface area contributed by atoms with E-state index in [-0.39, 0.29) is 5.92 Å². The number of esters is 1. The Balaban J connectivity index is 2.45. The molecule has 1 aliphatic rings. The third-order valence-corrected chi connectivity index (χ3v) is 4.83. The molecular weight excluding hydrogens is 342 g/mol. The molecule has 0 aromatic carbocycles. The molecule has 11 heteroatoms. The second-order valence-corrected chi connectivity index (χ2v) is 6.88. The number of rotatable bonds is 9. The smallest absolute Gasteiger partial charge is 0.426 e. The largest absolute Gasteiger partial charge is 0.430 e. The number of alkyl halides is 2. The van der Waals surface area contributed by atoms with Gasteiger partial charge in [-0.15, -0.1) is 0 Å². The fourth-order valence-electron chi connectivity index (χ4n) is 2.23. The van der Waals surface area contributed by atoms with Crippen molar-refractivity contribution in [3.8, 4) is 0 Å². The molecule has 0 aromatic rings. The maximum Gasteiger partial charge on any atom is 0.430 e. The molecule has 0 aromatic heterocycles. The number of carbonyl (C=O) groups is 1. The molecule has 0 heterocycles. The van der Waals surface area contributed by atoms with Crippen LogP contribution in [0.3, 0.4) is 0 Å². The Labute approximate surface area is 132 Å². The summed E-state index contributed by atoms with van der Waals surface area (Å²) < 4.78 is 63.8. The third kappa shape index (κ3) is 4.57. The first-order chi connectivity index (χ1) is 10.4. The lowest BCUT2D eigenvalue weighted by molar-refractivity contribution is -0.209. The van der Waals surface area contributed by atoms with Gasteiger partial charge >= 0.3 is 21.3 Å². The molecule has 0 radical (unpaired) electrons. The average Bonchev–Trinajstić information content (AvgIpc) is 3.23. The highest BCUT2D eigenvalue weighted by Gasteiger charge is 2.54. The lowest BCUT2D eigenvalue weighted by Gasteiger charge is -2.25. The van der Waals surface area contributed by atoms with Crippen molar-refractivity contribution in [3.63, 3.8) is 0 Å². The molecule has 0 aliphatic heterocycles. The first kappa shape index (κ1) is 20.2. The van der Waals surface area contributed by atoms with E-state index in [2.05, 4.69) is 4.74 Å². The predicted molar refractivity (Wildman–Crippen MR) is 72.0 cm³/mol. The zero-order valence-corrected chi connectivity index (χ0v) is 13.4. The van der Waals surface area contributed by atoms with Crippen LogP contribution >= 0.6 is 0 Å². The number of ether oxygens (including phenoxy) is 2. The Hall–Kier alpha value is -0.880. The summed E-state index contributed by atoms with van der Waals surface area (Å²) in [4.78, 5) is 11.3. The van der Waals surface area contributed by atoms with Crippen molar-refractivity contribution in [2.24, 2.45) is 5.92 Å². The minimum atomic E-state index is -5.94. The summed E-state index contributed by atoms with van der Waals surface area (Å²) in [5, 5.41) is 14.1. The van der Waals surface area contributed by atoms with Gasteiger partial charge in [0.2, 0.25) is 0 Å². The van der Waals surface area contributed by atoms with Crippen molar-refractivity contribution >= 4 is 16.1 Å². The van der Waals surface area contributed by atoms with Gasteiger partial charge in [-0.05, 0) is 19.3 Å². The van der Waals surface area contributed by atoms with E-state index in [9.17, 15) is 27.1 Å². The zero-order valence-electron chi connectivity index (χ0n) is 12.6. The normalized spacial score (nSPS) is 23.4. The van der Waals surface area contributed by atoms with Crippen LogP contribution in [0.25, 0.3) is 0 Å². The Morgan fingerprint density at radius 1 is 1.35 bits per heavy atom. The van der Waals surface area contributed by atoms with Crippen LogP contribution in [0.5, 0.6) is 0 Å². The van der Waals surface area contributed by atoms with E-state index >= 15 is 0 Å². The molecule has 8 nitrogen and oxygen atoms in total. The van der Waals surface area contributed by atoms with Gasteiger partial charge in [0.25, 0.3) is 6.29 Å². The van der Waals surface area contributed by atoms with Crippen LogP contribution in [-0.2, 0) is 24.4 Å². The summed E-state index contributed by atoms with van der Waals surface area (Å²) in [6, 6.07) is 0. The molecule has 1 fully saturated rings. The maximum atomic E-state index is 13.0. The second-order valence-electron chi connectivity index (χ2n) is 5.38. The lowest BCUT2D eigenvalue weighted by Crippen LogP contribution is -2.44. The molecule has 0 saturated heterocycles. The van der Waals surface area contributed by atoms with Crippen molar-refractivity contribution in [1.82, 2.24) is 0 Å². The van der Waals surface area contributed by atoms with Gasteiger partial charge in [-0.2, -0.15) is 17.2 Å². The summed E-state index contributed by atoms with van der Waals surface area (Å²) >= 11 is 0. The fraction of sp³-hybridized carbons (Fsp3) is 0.917. The first-order valence-electron chi connectivity index (χ1n) is 6.95. The minimum Gasteiger partial charge on any atom is -0.426 e. The molecule has 3 unspecified atom stereocenters. The third-order valence-electron chi connectivity index (χ3n) is 3.94. The summed E-state index contributed by atoms with van der Waals surface area (Å²) in [5.41, 5.74) is -0.938. The van der Waals surface area contributed by atoms with E-state index in [0.29, 0.717) is 19.3 Å². The Morgan fingerprint density at radius 3 is 2.30 bits per heavy atom. The van der Waals surface area contributed by atoms with Crippen LogP contribution in [-0.4, -0.2) is 59.0 Å². The van der Waals surface area contributed by atoms with Crippen LogP contribution in [0.15, 0.2) is 0 Å². The second kappa shape index (κ2) is 6.93.